The third kappa shape index (κ3) is 5.68. The topological polar surface area (TPSA) is 13.0 Å². The Balaban J connectivity index is 1.53. The van der Waals surface area contributed by atoms with Crippen LogP contribution in [0.5, 0.6) is 0 Å². The summed E-state index contributed by atoms with van der Waals surface area (Å²) in [6.45, 7) is 18.6. The van der Waals surface area contributed by atoms with Gasteiger partial charge in [0.2, 0.25) is 0 Å². The van der Waals surface area contributed by atoms with Gasteiger partial charge in [-0.1, -0.05) is 13.8 Å². The molecule has 0 aromatic rings. The van der Waals surface area contributed by atoms with Crippen LogP contribution >= 0.6 is 0 Å². The summed E-state index contributed by atoms with van der Waals surface area (Å²) in [5.41, 5.74) is 0. The van der Waals surface area contributed by atoms with Crippen molar-refractivity contribution in [2.75, 3.05) is 79.0 Å². The first kappa shape index (κ1) is 16.2. The Morgan fingerprint density at radius 3 is 1.65 bits per heavy atom. The summed E-state index contributed by atoms with van der Waals surface area (Å²) >= 11 is 0. The fraction of sp³-hybridized carbons (Fsp3) is 1.00. The van der Waals surface area contributed by atoms with Gasteiger partial charge in [-0.25, -0.2) is 0 Å². The van der Waals surface area contributed by atoms with Crippen molar-refractivity contribution in [1.82, 2.24) is 19.6 Å². The lowest BCUT2D eigenvalue weighted by Crippen LogP contribution is -2.48. The zero-order valence-electron chi connectivity index (χ0n) is 13.9. The summed E-state index contributed by atoms with van der Waals surface area (Å²) in [4.78, 5) is 10.4. The fourth-order valence-corrected chi connectivity index (χ4v) is 3.30. The second kappa shape index (κ2) is 8.32. The van der Waals surface area contributed by atoms with Gasteiger partial charge in [-0.3, -0.25) is 0 Å². The zero-order valence-corrected chi connectivity index (χ0v) is 13.9. The van der Waals surface area contributed by atoms with E-state index in [1.54, 1.807) is 0 Å². The fourth-order valence-electron chi connectivity index (χ4n) is 3.30. The summed E-state index contributed by atoms with van der Waals surface area (Å²) < 4.78 is 0. The van der Waals surface area contributed by atoms with Gasteiger partial charge in [0.1, 0.15) is 0 Å². The van der Waals surface area contributed by atoms with Crippen LogP contribution in [0.4, 0.5) is 0 Å². The lowest BCUT2D eigenvalue weighted by molar-refractivity contribution is 0.110. The van der Waals surface area contributed by atoms with Gasteiger partial charge in [-0.2, -0.15) is 0 Å². The molecule has 4 heteroatoms. The van der Waals surface area contributed by atoms with Crippen LogP contribution in [0, 0.1) is 5.92 Å². The molecule has 2 aliphatic rings. The third-order valence-corrected chi connectivity index (χ3v) is 4.63. The smallest absolute Gasteiger partial charge is 0.0110 e. The van der Waals surface area contributed by atoms with Crippen LogP contribution in [0.3, 0.4) is 0 Å². The van der Waals surface area contributed by atoms with Gasteiger partial charge in [0.25, 0.3) is 0 Å². The van der Waals surface area contributed by atoms with E-state index >= 15 is 0 Å². The molecule has 2 heterocycles. The van der Waals surface area contributed by atoms with Crippen LogP contribution in [-0.2, 0) is 0 Å². The summed E-state index contributed by atoms with van der Waals surface area (Å²) in [6, 6.07) is 0. The number of hydrogen-bond donors (Lipinski definition) is 0. The Morgan fingerprint density at radius 2 is 1.15 bits per heavy atom. The molecule has 0 saturated carbocycles. The minimum absolute atomic E-state index is 0.804. The molecule has 20 heavy (non-hydrogen) atoms. The predicted molar refractivity (Wildman–Crippen MR) is 86.3 cm³/mol. The molecule has 0 bridgehead atoms. The molecule has 0 aromatic carbocycles. The molecule has 2 saturated heterocycles. The maximum atomic E-state index is 2.66. The molecule has 0 unspecified atom stereocenters. The van der Waals surface area contributed by atoms with Crippen LogP contribution in [-0.4, -0.2) is 98.6 Å². The molecule has 0 spiro atoms. The van der Waals surface area contributed by atoms with Crippen molar-refractivity contribution in [1.29, 1.82) is 0 Å². The van der Waals surface area contributed by atoms with Crippen molar-refractivity contribution in [3.05, 3.63) is 0 Å². The van der Waals surface area contributed by atoms with Crippen LogP contribution in [0.25, 0.3) is 0 Å². The van der Waals surface area contributed by atoms with Gasteiger partial charge in [0, 0.05) is 58.9 Å². The molecule has 0 atom stereocenters. The Morgan fingerprint density at radius 1 is 0.700 bits per heavy atom. The highest BCUT2D eigenvalue weighted by Crippen LogP contribution is 2.06. The van der Waals surface area contributed by atoms with E-state index in [4.69, 9.17) is 0 Å². The van der Waals surface area contributed by atoms with Gasteiger partial charge in [-0.05, 0) is 32.5 Å². The van der Waals surface area contributed by atoms with E-state index in [2.05, 4.69) is 40.5 Å². The van der Waals surface area contributed by atoms with Crippen LogP contribution in [0.1, 0.15) is 20.3 Å². The van der Waals surface area contributed by atoms with Crippen molar-refractivity contribution < 1.29 is 0 Å². The summed E-state index contributed by atoms with van der Waals surface area (Å²) in [5.74, 6) is 0.804. The molecule has 118 valence electrons. The van der Waals surface area contributed by atoms with E-state index in [0.29, 0.717) is 0 Å². The zero-order chi connectivity index (χ0) is 14.4. The lowest BCUT2D eigenvalue weighted by atomic mass is 10.2. The van der Waals surface area contributed by atoms with Crippen LogP contribution < -0.4 is 0 Å². The summed E-state index contributed by atoms with van der Waals surface area (Å²) in [7, 11) is 2.23. The first-order valence-corrected chi connectivity index (χ1v) is 8.49. The van der Waals surface area contributed by atoms with E-state index in [1.165, 1.54) is 78.4 Å². The Kier molecular flexibility index (Phi) is 6.75. The lowest BCUT2D eigenvalue weighted by Gasteiger charge is -2.36. The maximum Gasteiger partial charge on any atom is 0.0110 e. The molecule has 2 fully saturated rings. The highest BCUT2D eigenvalue weighted by atomic mass is 15.3. The average molecular weight is 282 g/mol. The van der Waals surface area contributed by atoms with E-state index in [0.717, 1.165) is 5.92 Å². The molecular formula is C16H34N4. The maximum absolute atomic E-state index is 2.66. The molecule has 2 aliphatic heterocycles. The number of rotatable bonds is 6. The summed E-state index contributed by atoms with van der Waals surface area (Å²) in [5, 5.41) is 0. The van der Waals surface area contributed by atoms with Crippen LogP contribution in [0.2, 0.25) is 0 Å². The SMILES string of the molecule is CC(C)CN1CCN(CCCN2CCN(C)CC2)CC1. The molecule has 0 aromatic heterocycles. The van der Waals surface area contributed by atoms with Gasteiger partial charge >= 0.3 is 0 Å². The van der Waals surface area contributed by atoms with E-state index in [-0.39, 0.29) is 0 Å². The predicted octanol–water partition coefficient (Wildman–Crippen LogP) is 0.898. The molecule has 4 nitrogen and oxygen atoms in total. The quantitative estimate of drug-likeness (QED) is 0.717. The highest BCUT2D eigenvalue weighted by molar-refractivity contribution is 4.74. The van der Waals surface area contributed by atoms with E-state index < -0.39 is 0 Å². The second-order valence-electron chi connectivity index (χ2n) is 7.03. The highest BCUT2D eigenvalue weighted by Gasteiger charge is 2.18. The first-order chi connectivity index (χ1) is 9.63. The van der Waals surface area contributed by atoms with Crippen molar-refractivity contribution in [3.8, 4) is 0 Å². The van der Waals surface area contributed by atoms with Crippen molar-refractivity contribution in [3.63, 3.8) is 0 Å². The van der Waals surface area contributed by atoms with Crippen molar-refractivity contribution in [2.45, 2.75) is 20.3 Å². The van der Waals surface area contributed by atoms with Crippen molar-refractivity contribution >= 4 is 0 Å². The second-order valence-corrected chi connectivity index (χ2v) is 7.03. The number of hydrogen-bond acceptors (Lipinski definition) is 4. The Labute approximate surface area is 125 Å². The average Bonchev–Trinajstić information content (AvgIpc) is 2.42. The monoisotopic (exact) mass is 282 g/mol. The van der Waals surface area contributed by atoms with Gasteiger partial charge in [0.15, 0.2) is 0 Å². The molecule has 0 aliphatic carbocycles. The molecule has 0 amide bonds. The molecule has 0 N–H and O–H groups in total. The minimum atomic E-state index is 0.804. The minimum Gasteiger partial charge on any atom is -0.304 e. The molecular weight excluding hydrogens is 248 g/mol. The number of likely N-dealkylation sites (N-methyl/N-ethyl adjacent to an activating group) is 1. The largest absolute Gasteiger partial charge is 0.304 e. The first-order valence-electron chi connectivity index (χ1n) is 8.49. The van der Waals surface area contributed by atoms with E-state index in [1.807, 2.05) is 0 Å². The summed E-state index contributed by atoms with van der Waals surface area (Å²) in [6.07, 6.45) is 1.34. The van der Waals surface area contributed by atoms with Gasteiger partial charge < -0.3 is 19.6 Å². The molecule has 2 rings (SSSR count). The van der Waals surface area contributed by atoms with Gasteiger partial charge in [-0.15, -0.1) is 0 Å². The Bertz CT molecular complexity index is 253. The normalized spacial score (nSPS) is 24.6. The van der Waals surface area contributed by atoms with Gasteiger partial charge in [0.05, 0.1) is 0 Å². The standard InChI is InChI=1S/C16H34N4/c1-16(2)15-20-13-11-19(12-14-20)6-4-5-18-9-7-17(3)8-10-18/h16H,4-15H2,1-3H3. The van der Waals surface area contributed by atoms with Crippen molar-refractivity contribution in [2.24, 2.45) is 5.92 Å². The number of piperazine rings is 2. The number of nitrogens with zero attached hydrogens (tertiary/aromatic N) is 4. The Hall–Kier alpha value is -0.160. The van der Waals surface area contributed by atoms with Crippen LogP contribution in [0.15, 0.2) is 0 Å². The third-order valence-electron chi connectivity index (χ3n) is 4.63. The molecule has 0 radical (unpaired) electrons. The van der Waals surface area contributed by atoms with E-state index in [9.17, 15) is 0 Å².